The summed E-state index contributed by atoms with van der Waals surface area (Å²) >= 11 is 0. The first-order valence-corrected chi connectivity index (χ1v) is 9.13. The number of nitrogen functional groups attached to an aromatic ring is 1. The summed E-state index contributed by atoms with van der Waals surface area (Å²) in [5.41, 5.74) is 13.8. The number of aromatic nitrogens is 5. The van der Waals surface area contributed by atoms with Gasteiger partial charge in [0, 0.05) is 36.1 Å². The van der Waals surface area contributed by atoms with Gasteiger partial charge in [0.2, 0.25) is 0 Å². The number of benzene rings is 1. The number of fused-ring (bicyclic) bond motifs is 1. The van der Waals surface area contributed by atoms with Gasteiger partial charge >= 0.3 is 0 Å². The molecule has 144 valence electrons. The second-order valence-electron chi connectivity index (χ2n) is 6.84. The first kappa shape index (κ1) is 17.2. The minimum absolute atomic E-state index is 0.187. The van der Waals surface area contributed by atoms with Gasteiger partial charge < -0.3 is 11.2 Å². The van der Waals surface area contributed by atoms with E-state index in [1.807, 2.05) is 36.0 Å². The molecule has 1 atom stereocenters. The molecule has 0 bridgehead atoms. The van der Waals surface area contributed by atoms with Gasteiger partial charge in [-0.2, -0.15) is 5.10 Å². The Balaban J connectivity index is 1.70. The van der Waals surface area contributed by atoms with Crippen molar-refractivity contribution in [1.82, 2.24) is 24.4 Å². The smallest absolute Gasteiger partial charge is 0.153 e. The predicted molar refractivity (Wildman–Crippen MR) is 110 cm³/mol. The lowest BCUT2D eigenvalue weighted by Crippen LogP contribution is -2.23. The number of nitrogens with two attached hydrogens (primary N) is 1. The number of halogens is 1. The summed E-state index contributed by atoms with van der Waals surface area (Å²) in [5, 5.41) is 4.77. The number of hydrogen-bond acceptors (Lipinski definition) is 5. The third kappa shape index (κ3) is 2.94. The van der Waals surface area contributed by atoms with Crippen molar-refractivity contribution in [1.29, 1.82) is 0 Å². The van der Waals surface area contributed by atoms with E-state index in [9.17, 15) is 4.39 Å². The molecule has 1 aliphatic heterocycles. The molecule has 3 aromatic heterocycles. The molecule has 7 nitrogen and oxygen atoms in total. The average molecular weight is 387 g/mol. The van der Waals surface area contributed by atoms with Crippen LogP contribution in [0.5, 0.6) is 0 Å². The molecule has 29 heavy (non-hydrogen) atoms. The molecule has 0 aliphatic carbocycles. The number of anilines is 1. The van der Waals surface area contributed by atoms with Gasteiger partial charge in [0.1, 0.15) is 11.6 Å². The highest BCUT2D eigenvalue weighted by Crippen LogP contribution is 2.38. The maximum atomic E-state index is 13.5. The Bertz CT molecular complexity index is 1210. The Kier molecular flexibility index (Phi) is 3.90. The summed E-state index contributed by atoms with van der Waals surface area (Å²) in [6, 6.07) is 10.1. The van der Waals surface area contributed by atoms with Crippen LogP contribution in [0.3, 0.4) is 0 Å². The highest BCUT2D eigenvalue weighted by atomic mass is 19.1. The largest absolute Gasteiger partial charge is 0.382 e. The van der Waals surface area contributed by atoms with Gasteiger partial charge in [-0.15, -0.1) is 0 Å². The number of nitrogens with zero attached hydrogens (tertiary/aromatic N) is 5. The summed E-state index contributed by atoms with van der Waals surface area (Å²) in [5.74, 6) is 0.892. The molecule has 0 saturated carbocycles. The Morgan fingerprint density at radius 2 is 1.83 bits per heavy atom. The zero-order chi connectivity index (χ0) is 20.0. The van der Waals surface area contributed by atoms with E-state index in [4.69, 9.17) is 10.8 Å². The molecule has 8 heteroatoms. The summed E-state index contributed by atoms with van der Waals surface area (Å²) in [6.07, 6.45) is 9.20. The molecule has 5 rings (SSSR count). The van der Waals surface area contributed by atoms with Crippen LogP contribution in [0.25, 0.3) is 28.6 Å². The fourth-order valence-corrected chi connectivity index (χ4v) is 3.68. The first-order valence-electron chi connectivity index (χ1n) is 9.13. The van der Waals surface area contributed by atoms with Crippen molar-refractivity contribution in [2.24, 2.45) is 7.05 Å². The maximum absolute atomic E-state index is 13.5. The zero-order valence-electron chi connectivity index (χ0n) is 15.6. The molecule has 0 amide bonds. The molecule has 4 aromatic rings. The van der Waals surface area contributed by atoms with E-state index < -0.39 is 0 Å². The standard InChI is InChI=1S/C21H18FN7/c1-28-21(14-8-10-24-11-9-14)19(20(27-28)13-2-4-15(22)5-3-13)16-6-7-18-25-17(23)12-29(18)26-16/h2-12,16,26H,23H2,1H3. The van der Waals surface area contributed by atoms with Crippen LogP contribution in [0.4, 0.5) is 10.2 Å². The van der Waals surface area contributed by atoms with E-state index in [0.717, 1.165) is 33.9 Å². The van der Waals surface area contributed by atoms with E-state index in [1.165, 1.54) is 12.1 Å². The molecule has 1 aromatic carbocycles. The van der Waals surface area contributed by atoms with Crippen LogP contribution in [0, 0.1) is 5.82 Å². The molecule has 1 unspecified atom stereocenters. The maximum Gasteiger partial charge on any atom is 0.153 e. The Labute approximate surface area is 166 Å². The van der Waals surface area contributed by atoms with Crippen molar-refractivity contribution in [3.63, 3.8) is 0 Å². The average Bonchev–Trinajstić information content (AvgIpc) is 3.27. The first-order chi connectivity index (χ1) is 14.1. The molecule has 3 N–H and O–H groups in total. The lowest BCUT2D eigenvalue weighted by Gasteiger charge is -2.23. The third-order valence-electron chi connectivity index (χ3n) is 4.93. The Morgan fingerprint density at radius 3 is 2.59 bits per heavy atom. The molecule has 0 spiro atoms. The van der Waals surface area contributed by atoms with Gasteiger partial charge in [-0.05, 0) is 42.5 Å². The third-order valence-corrected chi connectivity index (χ3v) is 4.93. The topological polar surface area (TPSA) is 86.6 Å². The van der Waals surface area contributed by atoms with Gasteiger partial charge in [0.05, 0.1) is 23.6 Å². The van der Waals surface area contributed by atoms with E-state index >= 15 is 0 Å². The van der Waals surface area contributed by atoms with Crippen molar-refractivity contribution in [3.8, 4) is 22.5 Å². The number of pyridine rings is 1. The molecular formula is C21H18FN7. The summed E-state index contributed by atoms with van der Waals surface area (Å²) < 4.78 is 17.1. The van der Waals surface area contributed by atoms with Gasteiger partial charge in [-0.3, -0.25) is 9.67 Å². The van der Waals surface area contributed by atoms with Crippen molar-refractivity contribution in [2.75, 3.05) is 11.2 Å². The lowest BCUT2D eigenvalue weighted by molar-refractivity contribution is 0.628. The number of nitrogens with one attached hydrogen (secondary N) is 1. The van der Waals surface area contributed by atoms with Crippen LogP contribution in [-0.4, -0.2) is 24.4 Å². The van der Waals surface area contributed by atoms with Gasteiger partial charge in [-0.1, -0.05) is 6.08 Å². The normalized spacial score (nSPS) is 15.2. The highest BCUT2D eigenvalue weighted by Gasteiger charge is 2.27. The van der Waals surface area contributed by atoms with Crippen LogP contribution < -0.4 is 11.2 Å². The lowest BCUT2D eigenvalue weighted by atomic mass is 9.96. The fourth-order valence-electron chi connectivity index (χ4n) is 3.68. The SMILES string of the molecule is Cn1nc(-c2ccc(F)cc2)c(C2C=Cc3nc(N)cn3N2)c1-c1ccncc1. The molecule has 0 saturated heterocycles. The highest BCUT2D eigenvalue weighted by molar-refractivity contribution is 5.76. The van der Waals surface area contributed by atoms with Crippen LogP contribution in [0.15, 0.2) is 61.1 Å². The van der Waals surface area contributed by atoms with Crippen LogP contribution in [-0.2, 0) is 7.05 Å². The summed E-state index contributed by atoms with van der Waals surface area (Å²) in [6.45, 7) is 0. The van der Waals surface area contributed by atoms with Crippen LogP contribution in [0.2, 0.25) is 0 Å². The monoisotopic (exact) mass is 387 g/mol. The van der Waals surface area contributed by atoms with Crippen molar-refractivity contribution < 1.29 is 4.39 Å². The van der Waals surface area contributed by atoms with Gasteiger partial charge in [-0.25, -0.2) is 14.1 Å². The Hall–Kier alpha value is -3.94. The Morgan fingerprint density at radius 1 is 1.07 bits per heavy atom. The number of aryl methyl sites for hydroxylation is 1. The fraction of sp³-hybridized carbons (Fsp3) is 0.0952. The van der Waals surface area contributed by atoms with E-state index in [0.29, 0.717) is 5.82 Å². The summed E-state index contributed by atoms with van der Waals surface area (Å²) in [7, 11) is 1.90. The molecule has 0 radical (unpaired) electrons. The second kappa shape index (κ2) is 6.59. The van der Waals surface area contributed by atoms with Crippen LogP contribution >= 0.6 is 0 Å². The minimum atomic E-state index is -0.283. The number of imidazole rings is 1. The van der Waals surface area contributed by atoms with Gasteiger partial charge in [0.15, 0.2) is 5.82 Å². The second-order valence-corrected chi connectivity index (χ2v) is 6.84. The van der Waals surface area contributed by atoms with E-state index in [-0.39, 0.29) is 11.9 Å². The minimum Gasteiger partial charge on any atom is -0.382 e. The molecular weight excluding hydrogens is 369 g/mol. The molecule has 4 heterocycles. The molecule has 1 aliphatic rings. The van der Waals surface area contributed by atoms with Crippen molar-refractivity contribution in [2.45, 2.75) is 6.04 Å². The van der Waals surface area contributed by atoms with Crippen molar-refractivity contribution in [3.05, 3.63) is 78.3 Å². The number of rotatable bonds is 3. The van der Waals surface area contributed by atoms with Crippen molar-refractivity contribution >= 4 is 11.9 Å². The quantitative estimate of drug-likeness (QED) is 0.563. The summed E-state index contributed by atoms with van der Waals surface area (Å²) in [4.78, 5) is 8.40. The van der Waals surface area contributed by atoms with E-state index in [2.05, 4.69) is 15.4 Å². The molecule has 0 fully saturated rings. The van der Waals surface area contributed by atoms with E-state index in [1.54, 1.807) is 35.4 Å². The van der Waals surface area contributed by atoms with Gasteiger partial charge in [0.25, 0.3) is 0 Å². The zero-order valence-corrected chi connectivity index (χ0v) is 15.6. The predicted octanol–water partition coefficient (Wildman–Crippen LogP) is 3.38. The van der Waals surface area contributed by atoms with Crippen LogP contribution in [0.1, 0.15) is 17.4 Å². The number of hydrogen-bond donors (Lipinski definition) is 2.